The van der Waals surface area contributed by atoms with Crippen molar-refractivity contribution in [1.29, 1.82) is 0 Å². The van der Waals surface area contributed by atoms with Crippen LogP contribution in [0.5, 0.6) is 0 Å². The fourth-order valence-electron chi connectivity index (χ4n) is 4.76. The Kier molecular flexibility index (Phi) is 4.53. The van der Waals surface area contributed by atoms with Crippen molar-refractivity contribution in [3.8, 4) is 0 Å². The summed E-state index contributed by atoms with van der Waals surface area (Å²) in [6.45, 7) is -0.118. The predicted molar refractivity (Wildman–Crippen MR) is 107 cm³/mol. The zero-order chi connectivity index (χ0) is 23.7. The number of halogens is 4. The minimum Gasteiger partial charge on any atom is -0.441 e. The number of fused-ring (bicyclic) bond motifs is 1. The SMILES string of the molecule is O=C(NC12CC(C1)C2)O[C@H]1CO[C@@H](c2cc(Nc3nccc4nc(C(F)(F)F)cn34)n[nH]2)[C@@H]1F. The number of amides is 1. The van der Waals surface area contributed by atoms with E-state index >= 15 is 0 Å². The third-order valence-corrected chi connectivity index (χ3v) is 6.56. The highest BCUT2D eigenvalue weighted by Gasteiger charge is 2.58. The van der Waals surface area contributed by atoms with Crippen LogP contribution in [0.2, 0.25) is 0 Å². The minimum absolute atomic E-state index is 0.0363. The fraction of sp³-hybridized carbons (Fsp3) is 0.500. The van der Waals surface area contributed by atoms with Crippen molar-refractivity contribution in [2.75, 3.05) is 11.9 Å². The number of H-pyrrole nitrogens is 1. The van der Waals surface area contributed by atoms with E-state index in [0.717, 1.165) is 29.9 Å². The van der Waals surface area contributed by atoms with Crippen LogP contribution >= 0.6 is 0 Å². The predicted octanol–water partition coefficient (Wildman–Crippen LogP) is 3.27. The smallest absolute Gasteiger partial charge is 0.434 e. The van der Waals surface area contributed by atoms with Crippen molar-refractivity contribution in [2.45, 2.75) is 49.4 Å². The molecule has 34 heavy (non-hydrogen) atoms. The van der Waals surface area contributed by atoms with E-state index < -0.39 is 36.3 Å². The number of aromatic nitrogens is 5. The molecule has 3 aromatic rings. The highest BCUT2D eigenvalue weighted by Crippen LogP contribution is 2.57. The summed E-state index contributed by atoms with van der Waals surface area (Å²) in [5, 5.41) is 12.3. The van der Waals surface area contributed by atoms with Crippen molar-refractivity contribution in [3.63, 3.8) is 0 Å². The molecule has 3 N–H and O–H groups in total. The number of carbonyl (C=O) groups is 1. The van der Waals surface area contributed by atoms with Gasteiger partial charge in [0, 0.05) is 24.0 Å². The van der Waals surface area contributed by atoms with Crippen LogP contribution in [0.15, 0.2) is 24.5 Å². The first kappa shape index (κ1) is 21.1. The maximum atomic E-state index is 15.0. The lowest BCUT2D eigenvalue weighted by Gasteiger charge is -2.61. The highest BCUT2D eigenvalue weighted by atomic mass is 19.4. The summed E-state index contributed by atoms with van der Waals surface area (Å²) >= 11 is 0. The second kappa shape index (κ2) is 7.29. The van der Waals surface area contributed by atoms with Gasteiger partial charge in [-0.2, -0.15) is 18.3 Å². The molecule has 3 atom stereocenters. The second-order valence-electron chi connectivity index (χ2n) is 8.98. The summed E-state index contributed by atoms with van der Waals surface area (Å²) in [6, 6.07) is 2.78. The summed E-state index contributed by atoms with van der Waals surface area (Å²) in [4.78, 5) is 19.7. The Morgan fingerprint density at radius 3 is 2.82 bits per heavy atom. The molecule has 7 rings (SSSR count). The lowest BCUT2D eigenvalue weighted by Crippen LogP contribution is -2.68. The lowest BCUT2D eigenvalue weighted by molar-refractivity contribution is -0.140. The average molecular weight is 481 g/mol. The number of hydrogen-bond donors (Lipinski definition) is 3. The van der Waals surface area contributed by atoms with E-state index in [9.17, 15) is 22.4 Å². The van der Waals surface area contributed by atoms with Crippen LogP contribution in [0.25, 0.3) is 5.65 Å². The van der Waals surface area contributed by atoms with Gasteiger partial charge < -0.3 is 20.1 Å². The number of anilines is 2. The maximum absolute atomic E-state index is 15.0. The average Bonchev–Trinajstić information content (AvgIpc) is 3.43. The number of ether oxygens (including phenoxy) is 2. The lowest BCUT2D eigenvalue weighted by atomic mass is 9.50. The van der Waals surface area contributed by atoms with Gasteiger partial charge in [-0.3, -0.25) is 9.50 Å². The molecule has 180 valence electrons. The second-order valence-corrected chi connectivity index (χ2v) is 8.98. The molecule has 0 aromatic carbocycles. The van der Waals surface area contributed by atoms with Crippen molar-refractivity contribution >= 4 is 23.5 Å². The van der Waals surface area contributed by atoms with Crippen LogP contribution in [-0.2, 0) is 15.7 Å². The largest absolute Gasteiger partial charge is 0.441 e. The Morgan fingerprint density at radius 2 is 2.12 bits per heavy atom. The molecule has 1 saturated heterocycles. The van der Waals surface area contributed by atoms with Gasteiger partial charge in [0.05, 0.1) is 12.3 Å². The Morgan fingerprint density at radius 1 is 1.32 bits per heavy atom. The Bertz CT molecular complexity index is 1240. The highest BCUT2D eigenvalue weighted by molar-refractivity contribution is 5.69. The zero-order valence-corrected chi connectivity index (χ0v) is 17.5. The number of hydrogen-bond acceptors (Lipinski definition) is 7. The first-order valence-electron chi connectivity index (χ1n) is 10.7. The molecular weight excluding hydrogens is 462 g/mol. The zero-order valence-electron chi connectivity index (χ0n) is 17.5. The standard InChI is InChI=1S/C20H19F4N7O3/c21-15-11(34-18(32)28-19-4-9(5-19)6-19)8-33-16(15)10-3-13(30-29-10)27-17-25-2-1-14-26-12(7-31(14)17)20(22,23)24/h1-3,7,9,11,15-16H,4-6,8H2,(H,28,32)(H2,25,27,29,30)/t9?,11-,15+,16-,19?/m0/s1. The minimum atomic E-state index is -4.61. The fourth-order valence-corrected chi connectivity index (χ4v) is 4.76. The van der Waals surface area contributed by atoms with E-state index in [1.54, 1.807) is 0 Å². The van der Waals surface area contributed by atoms with Crippen LogP contribution in [0.4, 0.5) is 34.1 Å². The molecule has 3 saturated carbocycles. The van der Waals surface area contributed by atoms with Gasteiger partial charge in [-0.05, 0) is 31.2 Å². The maximum Gasteiger partial charge on any atom is 0.434 e. The summed E-state index contributed by atoms with van der Waals surface area (Å²) in [6.07, 6.45) is -4.08. The van der Waals surface area contributed by atoms with Crippen LogP contribution in [0.1, 0.15) is 36.8 Å². The molecule has 3 aromatic heterocycles. The van der Waals surface area contributed by atoms with E-state index in [4.69, 9.17) is 9.47 Å². The third-order valence-electron chi connectivity index (χ3n) is 6.56. The first-order chi connectivity index (χ1) is 16.2. The summed E-state index contributed by atoms with van der Waals surface area (Å²) in [5.74, 6) is 0.896. The van der Waals surface area contributed by atoms with E-state index in [-0.39, 0.29) is 35.3 Å². The van der Waals surface area contributed by atoms with Gasteiger partial charge in [0.25, 0.3) is 0 Å². The van der Waals surface area contributed by atoms with Crippen molar-refractivity contribution in [1.82, 2.24) is 29.9 Å². The molecule has 1 aliphatic heterocycles. The van der Waals surface area contributed by atoms with E-state index in [1.165, 1.54) is 18.3 Å². The molecule has 4 heterocycles. The molecule has 0 spiro atoms. The number of rotatable bonds is 5. The van der Waals surface area contributed by atoms with Crippen LogP contribution < -0.4 is 10.6 Å². The molecule has 2 bridgehead atoms. The molecule has 3 aliphatic carbocycles. The number of aromatic amines is 1. The van der Waals surface area contributed by atoms with Gasteiger partial charge in [0.2, 0.25) is 5.95 Å². The van der Waals surface area contributed by atoms with Gasteiger partial charge in [-0.15, -0.1) is 0 Å². The Balaban J connectivity index is 1.12. The monoisotopic (exact) mass is 481 g/mol. The van der Waals surface area contributed by atoms with Gasteiger partial charge in [-0.1, -0.05) is 0 Å². The molecule has 0 radical (unpaired) electrons. The third kappa shape index (κ3) is 3.52. The van der Waals surface area contributed by atoms with Crippen molar-refractivity contribution in [3.05, 3.63) is 35.9 Å². The van der Waals surface area contributed by atoms with Gasteiger partial charge in [0.15, 0.2) is 23.8 Å². The number of nitrogens with zero attached hydrogens (tertiary/aromatic N) is 4. The summed E-state index contributed by atoms with van der Waals surface area (Å²) in [7, 11) is 0. The number of alkyl halides is 4. The Hall–Kier alpha value is -3.42. The molecular formula is C20H19F4N7O3. The summed E-state index contributed by atoms with van der Waals surface area (Å²) in [5.41, 5.74) is -0.922. The van der Waals surface area contributed by atoms with E-state index in [2.05, 4.69) is 30.8 Å². The van der Waals surface area contributed by atoms with Crippen LogP contribution in [0.3, 0.4) is 0 Å². The topological polar surface area (TPSA) is 118 Å². The van der Waals surface area contributed by atoms with Gasteiger partial charge in [0.1, 0.15) is 11.8 Å². The molecule has 1 amide bonds. The summed E-state index contributed by atoms with van der Waals surface area (Å²) < 4.78 is 65.8. The van der Waals surface area contributed by atoms with Gasteiger partial charge >= 0.3 is 12.3 Å². The molecule has 10 nitrogen and oxygen atoms in total. The van der Waals surface area contributed by atoms with Crippen molar-refractivity contribution in [2.24, 2.45) is 5.92 Å². The van der Waals surface area contributed by atoms with Crippen LogP contribution in [0, 0.1) is 5.92 Å². The number of imidazole rings is 1. The molecule has 14 heteroatoms. The van der Waals surface area contributed by atoms with E-state index in [1.807, 2.05) is 0 Å². The van der Waals surface area contributed by atoms with Crippen molar-refractivity contribution < 1.29 is 31.8 Å². The number of alkyl carbamates (subject to hydrolysis) is 1. The first-order valence-corrected chi connectivity index (χ1v) is 10.7. The Labute approximate surface area is 189 Å². The number of carbonyl (C=O) groups excluding carboxylic acids is 1. The quantitative estimate of drug-likeness (QED) is 0.479. The van der Waals surface area contributed by atoms with Gasteiger partial charge in [-0.25, -0.2) is 19.2 Å². The van der Waals surface area contributed by atoms with E-state index in [0.29, 0.717) is 5.92 Å². The number of nitrogens with one attached hydrogen (secondary N) is 3. The van der Waals surface area contributed by atoms with Crippen LogP contribution in [-0.4, -0.2) is 55.1 Å². The molecule has 0 unspecified atom stereocenters. The molecule has 4 fully saturated rings. The normalized spacial score (nSPS) is 30.0. The molecule has 4 aliphatic rings.